The Bertz CT molecular complexity index is 485. The van der Waals surface area contributed by atoms with Gasteiger partial charge in [0, 0.05) is 10.4 Å². The number of benzene rings is 2. The highest BCUT2D eigenvalue weighted by Crippen LogP contribution is 2.30. The van der Waals surface area contributed by atoms with Crippen molar-refractivity contribution in [3.8, 4) is 0 Å². The Kier molecular flexibility index (Phi) is 4.01. The van der Waals surface area contributed by atoms with Gasteiger partial charge in [-0.1, -0.05) is 59.3 Å². The highest BCUT2D eigenvalue weighted by molar-refractivity contribution is 9.10. The van der Waals surface area contributed by atoms with Gasteiger partial charge in [0.25, 0.3) is 0 Å². The fourth-order valence-electron chi connectivity index (χ4n) is 2.31. The van der Waals surface area contributed by atoms with Crippen LogP contribution in [0.25, 0.3) is 0 Å². The molecular weight excluding hydrogens is 272 g/mol. The van der Waals surface area contributed by atoms with E-state index in [4.69, 9.17) is 0 Å². The molecule has 0 nitrogen and oxygen atoms in total. The van der Waals surface area contributed by atoms with Gasteiger partial charge in [0.2, 0.25) is 0 Å². The molecule has 0 bridgehead atoms. The molecule has 88 valence electrons. The zero-order valence-corrected chi connectivity index (χ0v) is 11.9. The first-order chi connectivity index (χ1) is 8.22. The molecule has 0 aromatic heterocycles. The lowest BCUT2D eigenvalue weighted by molar-refractivity contribution is 0.771. The van der Waals surface area contributed by atoms with Crippen LogP contribution in [0.3, 0.4) is 0 Å². The highest BCUT2D eigenvalue weighted by Gasteiger charge is 2.13. The summed E-state index contributed by atoms with van der Waals surface area (Å²) in [6.07, 6.45) is 1.13. The summed E-state index contributed by atoms with van der Waals surface area (Å²) in [6, 6.07) is 17.3. The molecule has 0 saturated carbocycles. The van der Waals surface area contributed by atoms with Gasteiger partial charge in [-0.25, -0.2) is 0 Å². The molecule has 0 N–H and O–H groups in total. The molecule has 0 aliphatic carbocycles. The van der Waals surface area contributed by atoms with E-state index in [2.05, 4.69) is 78.3 Å². The van der Waals surface area contributed by atoms with Gasteiger partial charge in [-0.3, -0.25) is 0 Å². The Morgan fingerprint density at radius 2 is 1.65 bits per heavy atom. The molecule has 0 radical (unpaired) electrons. The average Bonchev–Trinajstić information content (AvgIpc) is 2.35. The minimum atomic E-state index is 0.504. The molecule has 0 saturated heterocycles. The van der Waals surface area contributed by atoms with E-state index >= 15 is 0 Å². The summed E-state index contributed by atoms with van der Waals surface area (Å²) >= 11 is 3.49. The van der Waals surface area contributed by atoms with Crippen LogP contribution in [0.1, 0.15) is 36.0 Å². The second-order valence-corrected chi connectivity index (χ2v) is 5.28. The quantitative estimate of drug-likeness (QED) is 0.719. The third kappa shape index (κ3) is 2.78. The van der Waals surface area contributed by atoms with Gasteiger partial charge in [0.05, 0.1) is 0 Å². The Balaban J connectivity index is 2.40. The molecule has 0 fully saturated rings. The molecule has 0 heterocycles. The van der Waals surface area contributed by atoms with Crippen LogP contribution in [0.15, 0.2) is 53.0 Å². The number of halogens is 1. The average molecular weight is 289 g/mol. The van der Waals surface area contributed by atoms with E-state index in [-0.39, 0.29) is 0 Å². The standard InChI is InChI=1S/C16H17Br/c1-3-15(13-8-10-14(17)11-9-13)16-7-5-4-6-12(16)2/h4-11,15H,3H2,1-2H3. The lowest BCUT2D eigenvalue weighted by atomic mass is 9.87. The molecule has 0 aliphatic rings. The fraction of sp³-hybridized carbons (Fsp3) is 0.250. The van der Waals surface area contributed by atoms with Crippen molar-refractivity contribution in [2.75, 3.05) is 0 Å². The number of hydrogen-bond donors (Lipinski definition) is 0. The summed E-state index contributed by atoms with van der Waals surface area (Å²) in [5.74, 6) is 0.504. The van der Waals surface area contributed by atoms with Gasteiger partial charge in [-0.15, -0.1) is 0 Å². The molecule has 1 heteroatoms. The van der Waals surface area contributed by atoms with Crippen molar-refractivity contribution in [3.05, 3.63) is 69.7 Å². The van der Waals surface area contributed by atoms with Crippen LogP contribution in [-0.2, 0) is 0 Å². The van der Waals surface area contributed by atoms with Crippen molar-refractivity contribution in [3.63, 3.8) is 0 Å². The van der Waals surface area contributed by atoms with Crippen LogP contribution >= 0.6 is 15.9 Å². The summed E-state index contributed by atoms with van der Waals surface area (Å²) in [5, 5.41) is 0. The zero-order chi connectivity index (χ0) is 12.3. The fourth-order valence-corrected chi connectivity index (χ4v) is 2.57. The van der Waals surface area contributed by atoms with Crippen LogP contribution in [0.2, 0.25) is 0 Å². The van der Waals surface area contributed by atoms with Crippen molar-refractivity contribution in [2.24, 2.45) is 0 Å². The van der Waals surface area contributed by atoms with Crippen LogP contribution in [-0.4, -0.2) is 0 Å². The third-order valence-corrected chi connectivity index (χ3v) is 3.77. The monoisotopic (exact) mass is 288 g/mol. The maximum Gasteiger partial charge on any atom is 0.0175 e. The van der Waals surface area contributed by atoms with Crippen molar-refractivity contribution >= 4 is 15.9 Å². The Hall–Kier alpha value is -1.08. The maximum absolute atomic E-state index is 3.49. The normalized spacial score (nSPS) is 12.4. The summed E-state index contributed by atoms with van der Waals surface area (Å²) in [5.41, 5.74) is 4.21. The topological polar surface area (TPSA) is 0 Å². The minimum absolute atomic E-state index is 0.504. The number of rotatable bonds is 3. The summed E-state index contributed by atoms with van der Waals surface area (Å²) in [6.45, 7) is 4.44. The van der Waals surface area contributed by atoms with Crippen molar-refractivity contribution in [1.29, 1.82) is 0 Å². The molecule has 2 rings (SSSR count). The van der Waals surface area contributed by atoms with Gasteiger partial charge in [-0.2, -0.15) is 0 Å². The van der Waals surface area contributed by atoms with E-state index in [9.17, 15) is 0 Å². The van der Waals surface area contributed by atoms with Crippen LogP contribution in [0, 0.1) is 6.92 Å². The summed E-state index contributed by atoms with van der Waals surface area (Å²) < 4.78 is 1.14. The molecule has 0 spiro atoms. The molecule has 0 amide bonds. The van der Waals surface area contributed by atoms with Gasteiger partial charge >= 0.3 is 0 Å². The van der Waals surface area contributed by atoms with Crippen molar-refractivity contribution in [1.82, 2.24) is 0 Å². The van der Waals surface area contributed by atoms with E-state index in [1.807, 2.05) is 0 Å². The largest absolute Gasteiger partial charge is 0.0645 e. The molecule has 0 aliphatic heterocycles. The number of hydrogen-bond acceptors (Lipinski definition) is 0. The zero-order valence-electron chi connectivity index (χ0n) is 10.3. The lowest BCUT2D eigenvalue weighted by Crippen LogP contribution is -2.01. The predicted molar refractivity (Wildman–Crippen MR) is 77.5 cm³/mol. The van der Waals surface area contributed by atoms with E-state index in [1.54, 1.807) is 0 Å². The Labute approximate surface area is 112 Å². The van der Waals surface area contributed by atoms with Crippen molar-refractivity contribution in [2.45, 2.75) is 26.2 Å². The Morgan fingerprint density at radius 3 is 2.24 bits per heavy atom. The van der Waals surface area contributed by atoms with E-state index in [0.717, 1.165) is 10.9 Å². The first-order valence-corrected chi connectivity index (χ1v) is 6.82. The van der Waals surface area contributed by atoms with Crippen LogP contribution in [0.4, 0.5) is 0 Å². The third-order valence-electron chi connectivity index (χ3n) is 3.24. The Morgan fingerprint density at radius 1 is 1.00 bits per heavy atom. The molecule has 2 aromatic rings. The van der Waals surface area contributed by atoms with Gasteiger partial charge in [-0.05, 0) is 42.2 Å². The van der Waals surface area contributed by atoms with Crippen LogP contribution in [0.5, 0.6) is 0 Å². The first kappa shape index (κ1) is 12.4. The van der Waals surface area contributed by atoms with Gasteiger partial charge in [0.1, 0.15) is 0 Å². The molecular formula is C16H17Br. The lowest BCUT2D eigenvalue weighted by Gasteiger charge is -2.18. The SMILES string of the molecule is CCC(c1ccc(Br)cc1)c1ccccc1C. The second-order valence-electron chi connectivity index (χ2n) is 4.37. The minimum Gasteiger partial charge on any atom is -0.0645 e. The van der Waals surface area contributed by atoms with Crippen LogP contribution < -0.4 is 0 Å². The smallest absolute Gasteiger partial charge is 0.0175 e. The molecule has 1 atom stereocenters. The van der Waals surface area contributed by atoms with Gasteiger partial charge in [0.15, 0.2) is 0 Å². The van der Waals surface area contributed by atoms with Gasteiger partial charge < -0.3 is 0 Å². The summed E-state index contributed by atoms with van der Waals surface area (Å²) in [7, 11) is 0. The number of aryl methyl sites for hydroxylation is 1. The summed E-state index contributed by atoms with van der Waals surface area (Å²) in [4.78, 5) is 0. The maximum atomic E-state index is 3.49. The second kappa shape index (κ2) is 5.50. The van der Waals surface area contributed by atoms with E-state index in [0.29, 0.717) is 5.92 Å². The first-order valence-electron chi connectivity index (χ1n) is 6.03. The molecule has 1 unspecified atom stereocenters. The highest BCUT2D eigenvalue weighted by atomic mass is 79.9. The van der Waals surface area contributed by atoms with Crippen molar-refractivity contribution < 1.29 is 0 Å². The predicted octanol–water partition coefficient (Wildman–Crippen LogP) is 5.30. The van der Waals surface area contributed by atoms with E-state index < -0.39 is 0 Å². The molecule has 2 aromatic carbocycles. The molecule has 17 heavy (non-hydrogen) atoms. The van der Waals surface area contributed by atoms with E-state index in [1.165, 1.54) is 16.7 Å².